The van der Waals surface area contributed by atoms with Crippen LogP contribution >= 0.6 is 11.3 Å². The van der Waals surface area contributed by atoms with Crippen molar-refractivity contribution in [2.75, 3.05) is 0 Å². The van der Waals surface area contributed by atoms with Crippen LogP contribution < -0.4 is 19.6 Å². The predicted molar refractivity (Wildman–Crippen MR) is 155 cm³/mol. The molecular formula is C33H32N2O2S. The normalized spacial score (nSPS) is 16.8. The third-order valence-corrected chi connectivity index (χ3v) is 8.34. The zero-order valence-electron chi connectivity index (χ0n) is 22.3. The maximum Gasteiger partial charge on any atom is 0.271 e. The van der Waals surface area contributed by atoms with E-state index in [4.69, 9.17) is 9.73 Å². The van der Waals surface area contributed by atoms with Crippen molar-refractivity contribution in [3.8, 4) is 5.75 Å². The minimum absolute atomic E-state index is 0.00329. The van der Waals surface area contributed by atoms with Crippen molar-refractivity contribution in [3.05, 3.63) is 126 Å². The topological polar surface area (TPSA) is 43.6 Å². The number of benzene rings is 3. The van der Waals surface area contributed by atoms with Gasteiger partial charge in [-0.15, -0.1) is 0 Å². The van der Waals surface area contributed by atoms with Gasteiger partial charge >= 0.3 is 0 Å². The van der Waals surface area contributed by atoms with E-state index in [-0.39, 0.29) is 17.7 Å². The lowest BCUT2D eigenvalue weighted by atomic mass is 9.83. The van der Waals surface area contributed by atoms with E-state index in [1.807, 2.05) is 48.8 Å². The average molecular weight is 521 g/mol. The summed E-state index contributed by atoms with van der Waals surface area (Å²) in [6.07, 6.45) is 3.85. The fourth-order valence-electron chi connectivity index (χ4n) is 5.49. The van der Waals surface area contributed by atoms with Crippen molar-refractivity contribution in [1.82, 2.24) is 4.57 Å². The zero-order chi connectivity index (χ0) is 26.4. The molecule has 2 aliphatic rings. The third kappa shape index (κ3) is 4.35. The lowest BCUT2D eigenvalue weighted by Crippen LogP contribution is -2.38. The van der Waals surface area contributed by atoms with Gasteiger partial charge in [-0.05, 0) is 67.0 Å². The van der Waals surface area contributed by atoms with E-state index in [2.05, 4.69) is 62.4 Å². The molecule has 0 spiro atoms. The lowest BCUT2D eigenvalue weighted by molar-refractivity contribution is 0.242. The maximum absolute atomic E-state index is 14.0. The van der Waals surface area contributed by atoms with E-state index in [1.54, 1.807) is 0 Å². The standard InChI is InChI=1S/C33H32N2O2S/c1-20(2)22-13-15-24(16-14-22)31-27-18-17-23-9-5-7-11-26(23)30(27)34-33-35(31)32(36)29(38-33)19-25-10-6-8-12-28(25)37-21(3)4/h5-16,19-21,31H,17-18H2,1-4H3. The second-order valence-corrected chi connectivity index (χ2v) is 11.6. The molecule has 0 saturated carbocycles. The van der Waals surface area contributed by atoms with Crippen LogP contribution in [0.15, 0.2) is 88.2 Å². The van der Waals surface area contributed by atoms with E-state index >= 15 is 0 Å². The predicted octanol–water partition coefficient (Wildman–Crippen LogP) is 6.23. The van der Waals surface area contributed by atoms with Crippen LogP contribution in [0.5, 0.6) is 5.75 Å². The van der Waals surface area contributed by atoms with Gasteiger partial charge in [0.15, 0.2) is 4.80 Å². The largest absolute Gasteiger partial charge is 0.490 e. The third-order valence-electron chi connectivity index (χ3n) is 7.36. The maximum atomic E-state index is 14.0. The van der Waals surface area contributed by atoms with Gasteiger partial charge in [-0.3, -0.25) is 9.36 Å². The molecule has 1 aliphatic carbocycles. The van der Waals surface area contributed by atoms with Crippen LogP contribution in [0.1, 0.15) is 73.9 Å². The molecular weight excluding hydrogens is 488 g/mol. The van der Waals surface area contributed by atoms with E-state index in [0.717, 1.165) is 40.2 Å². The number of para-hydroxylation sites is 1. The Labute approximate surface area is 227 Å². The van der Waals surface area contributed by atoms with Gasteiger partial charge in [-0.25, -0.2) is 4.99 Å². The SMILES string of the molecule is CC(C)Oc1ccccc1C=c1sc2n(c1=O)C(c1ccc(C(C)C)cc1)C1=C(N=2)c2ccccc2CC1. The molecule has 0 fully saturated rings. The minimum Gasteiger partial charge on any atom is -0.490 e. The Bertz CT molecular complexity index is 1720. The summed E-state index contributed by atoms with van der Waals surface area (Å²) in [6.45, 7) is 8.43. The molecule has 0 bridgehead atoms. The summed E-state index contributed by atoms with van der Waals surface area (Å²) in [5.41, 5.74) is 8.09. The fourth-order valence-corrected chi connectivity index (χ4v) is 6.48. The molecule has 38 heavy (non-hydrogen) atoms. The first-order valence-corrected chi connectivity index (χ1v) is 14.2. The highest BCUT2D eigenvalue weighted by Gasteiger charge is 2.32. The Morgan fingerprint density at radius 3 is 2.45 bits per heavy atom. The number of hydrogen-bond acceptors (Lipinski definition) is 4. The van der Waals surface area contributed by atoms with Crippen molar-refractivity contribution in [1.29, 1.82) is 0 Å². The van der Waals surface area contributed by atoms with Crippen LogP contribution in [0, 0.1) is 0 Å². The van der Waals surface area contributed by atoms with E-state index in [1.165, 1.54) is 33.6 Å². The number of rotatable bonds is 5. The Balaban J connectivity index is 1.57. The van der Waals surface area contributed by atoms with E-state index in [9.17, 15) is 4.79 Å². The van der Waals surface area contributed by atoms with Gasteiger partial charge in [-0.2, -0.15) is 0 Å². The van der Waals surface area contributed by atoms with Crippen molar-refractivity contribution < 1.29 is 4.74 Å². The number of aromatic nitrogens is 1. The molecule has 5 heteroatoms. The van der Waals surface area contributed by atoms with Gasteiger partial charge in [0.25, 0.3) is 5.56 Å². The molecule has 0 saturated heterocycles. The molecule has 4 nitrogen and oxygen atoms in total. The van der Waals surface area contributed by atoms with Crippen LogP contribution in [0.25, 0.3) is 11.8 Å². The molecule has 0 N–H and O–H groups in total. The van der Waals surface area contributed by atoms with Gasteiger partial charge < -0.3 is 4.74 Å². The lowest BCUT2D eigenvalue weighted by Gasteiger charge is -2.31. The minimum atomic E-state index is -0.167. The number of allylic oxidation sites excluding steroid dienone is 1. The summed E-state index contributed by atoms with van der Waals surface area (Å²) in [5.74, 6) is 1.23. The van der Waals surface area contributed by atoms with Crippen LogP contribution in [0.2, 0.25) is 0 Å². The van der Waals surface area contributed by atoms with Gasteiger partial charge in [0.05, 0.1) is 22.4 Å². The van der Waals surface area contributed by atoms with Crippen molar-refractivity contribution >= 4 is 23.1 Å². The van der Waals surface area contributed by atoms with Crippen LogP contribution in [-0.4, -0.2) is 10.7 Å². The molecule has 0 radical (unpaired) electrons. The summed E-state index contributed by atoms with van der Waals surface area (Å²) in [6, 6.07) is 25.1. The second kappa shape index (κ2) is 9.88. The van der Waals surface area contributed by atoms with Gasteiger partial charge in [0.1, 0.15) is 5.75 Å². The highest BCUT2D eigenvalue weighted by atomic mass is 32.1. The Hall–Kier alpha value is -3.70. The number of hydrogen-bond donors (Lipinski definition) is 0. The smallest absolute Gasteiger partial charge is 0.271 e. The monoisotopic (exact) mass is 520 g/mol. The van der Waals surface area contributed by atoms with Crippen molar-refractivity contribution in [2.45, 2.75) is 58.6 Å². The second-order valence-electron chi connectivity index (χ2n) is 10.6. The Morgan fingerprint density at radius 2 is 1.68 bits per heavy atom. The zero-order valence-corrected chi connectivity index (χ0v) is 23.1. The molecule has 192 valence electrons. The van der Waals surface area contributed by atoms with Gasteiger partial charge in [0.2, 0.25) is 0 Å². The van der Waals surface area contributed by atoms with Crippen LogP contribution in [-0.2, 0) is 6.42 Å². The molecule has 1 atom stereocenters. The average Bonchev–Trinajstić information content (AvgIpc) is 3.22. The van der Waals surface area contributed by atoms with E-state index < -0.39 is 0 Å². The highest BCUT2D eigenvalue weighted by Crippen LogP contribution is 2.41. The van der Waals surface area contributed by atoms with Crippen molar-refractivity contribution in [3.63, 3.8) is 0 Å². The Kier molecular flexibility index (Phi) is 6.40. The fraction of sp³-hybridized carbons (Fsp3) is 0.273. The number of aryl methyl sites for hydroxylation is 1. The molecule has 1 aliphatic heterocycles. The molecule has 1 aromatic heterocycles. The quantitative estimate of drug-likeness (QED) is 0.313. The molecule has 1 unspecified atom stereocenters. The summed E-state index contributed by atoms with van der Waals surface area (Å²) in [7, 11) is 0. The number of nitrogens with zero attached hydrogens (tertiary/aromatic N) is 2. The molecule has 4 aromatic rings. The first-order valence-electron chi connectivity index (χ1n) is 13.4. The summed E-state index contributed by atoms with van der Waals surface area (Å²) in [4.78, 5) is 19.9. The molecule has 0 amide bonds. The molecule has 6 rings (SSSR count). The van der Waals surface area contributed by atoms with Crippen LogP contribution in [0.4, 0.5) is 0 Å². The number of thiazole rings is 1. The molecule has 3 aromatic carbocycles. The number of ether oxygens (including phenoxy) is 1. The summed E-state index contributed by atoms with van der Waals surface area (Å²) >= 11 is 1.46. The van der Waals surface area contributed by atoms with E-state index in [0.29, 0.717) is 10.5 Å². The van der Waals surface area contributed by atoms with Crippen LogP contribution in [0.3, 0.4) is 0 Å². The van der Waals surface area contributed by atoms with Gasteiger partial charge in [0, 0.05) is 11.1 Å². The van der Waals surface area contributed by atoms with Crippen molar-refractivity contribution in [2.24, 2.45) is 4.99 Å². The highest BCUT2D eigenvalue weighted by molar-refractivity contribution is 7.07. The Morgan fingerprint density at radius 1 is 0.947 bits per heavy atom. The number of fused-ring (bicyclic) bond motifs is 3. The van der Waals surface area contributed by atoms with Gasteiger partial charge in [-0.1, -0.05) is 91.9 Å². The molecule has 2 heterocycles. The first-order chi connectivity index (χ1) is 18.4. The first kappa shape index (κ1) is 24.6. The summed E-state index contributed by atoms with van der Waals surface area (Å²) in [5, 5.41) is 0. The summed E-state index contributed by atoms with van der Waals surface area (Å²) < 4.78 is 8.61.